The summed E-state index contributed by atoms with van der Waals surface area (Å²) in [6.07, 6.45) is 0. The van der Waals surface area contributed by atoms with Crippen LogP contribution >= 0.6 is 0 Å². The number of hydrogen-bond donors (Lipinski definition) is 0. The Labute approximate surface area is 64.5 Å². The molecule has 0 saturated carbocycles. The van der Waals surface area contributed by atoms with Crippen molar-refractivity contribution in [2.75, 3.05) is 0 Å². The molecule has 28 valence electrons. The summed E-state index contributed by atoms with van der Waals surface area (Å²) < 4.78 is 16.5. The van der Waals surface area contributed by atoms with Crippen molar-refractivity contribution in [3.05, 3.63) is 0 Å². The minimum atomic E-state index is 0. The molecule has 0 aliphatic carbocycles. The zero-order valence-electron chi connectivity index (χ0n) is 2.28. The van der Waals surface area contributed by atoms with Crippen LogP contribution in [0, 0.1) is 0 Å². The van der Waals surface area contributed by atoms with E-state index in [-0.39, 0.29) is 45.5 Å². The van der Waals surface area contributed by atoms with Gasteiger partial charge in [-0.25, -0.2) is 0 Å². The maximum absolute atomic E-state index is 8.25. The van der Waals surface area contributed by atoms with Gasteiger partial charge in [0, 0.05) is 0 Å². The average molecular weight is 158 g/mol. The summed E-state index contributed by atoms with van der Waals surface area (Å²) in [4.78, 5) is 0. The Kier molecular flexibility index (Phi) is 196. The molecule has 0 radical (unpaired) electrons. The fourth-order valence-corrected chi connectivity index (χ4v) is 0. The van der Waals surface area contributed by atoms with Crippen LogP contribution in [-0.4, -0.2) is 45.5 Å². The van der Waals surface area contributed by atoms with Crippen LogP contribution in [0.2, 0.25) is 0 Å². The van der Waals surface area contributed by atoms with Crippen molar-refractivity contribution in [1.82, 2.24) is 0 Å². The molecular formula is F2O2Sr. The van der Waals surface area contributed by atoms with Crippen LogP contribution in [0.1, 0.15) is 0 Å². The zero-order valence-corrected chi connectivity index (χ0v) is 5.76. The molecule has 0 atom stereocenters. The number of hydrogen-bond acceptors (Lipinski definition) is 2. The van der Waals surface area contributed by atoms with Crippen molar-refractivity contribution >= 4 is 45.5 Å². The van der Waals surface area contributed by atoms with E-state index in [1.165, 1.54) is 0 Å². The SMILES string of the molecule is [O-]F.[O-]F.[Sr+2]. The quantitative estimate of drug-likeness (QED) is 0.385. The molecule has 0 aromatic rings. The summed E-state index contributed by atoms with van der Waals surface area (Å²) in [7, 11) is 0. The molecule has 0 spiro atoms. The summed E-state index contributed by atoms with van der Waals surface area (Å²) in [6.45, 7) is 0. The summed E-state index contributed by atoms with van der Waals surface area (Å²) in [5.74, 6) is 0. The van der Waals surface area contributed by atoms with E-state index in [0.29, 0.717) is 0 Å². The van der Waals surface area contributed by atoms with Crippen molar-refractivity contribution in [1.29, 1.82) is 0 Å². The van der Waals surface area contributed by atoms with E-state index in [1.807, 2.05) is 0 Å². The van der Waals surface area contributed by atoms with Crippen molar-refractivity contribution < 1.29 is 19.7 Å². The van der Waals surface area contributed by atoms with Crippen molar-refractivity contribution in [2.24, 2.45) is 0 Å². The summed E-state index contributed by atoms with van der Waals surface area (Å²) in [5, 5.41) is 13.5. The smallest absolute Gasteiger partial charge is 0.682 e. The Morgan fingerprint density at radius 2 is 0.800 bits per heavy atom. The third-order valence-corrected chi connectivity index (χ3v) is 0. The van der Waals surface area contributed by atoms with Crippen molar-refractivity contribution in [2.45, 2.75) is 0 Å². The van der Waals surface area contributed by atoms with Crippen LogP contribution < -0.4 is 10.6 Å². The molecule has 5 heteroatoms. The van der Waals surface area contributed by atoms with Gasteiger partial charge in [0.2, 0.25) is 0 Å². The maximum Gasteiger partial charge on any atom is 2.00 e. The fraction of sp³-hybridized carbons (Fsp3) is 0. The fourth-order valence-electron chi connectivity index (χ4n) is 0. The largest absolute Gasteiger partial charge is 2.00 e. The van der Waals surface area contributed by atoms with Gasteiger partial charge in [0.15, 0.2) is 0 Å². The zero-order chi connectivity index (χ0) is 4.00. The Hall–Kier alpha value is 1.26. The van der Waals surface area contributed by atoms with Gasteiger partial charge < -0.3 is 19.7 Å². The molecule has 5 heavy (non-hydrogen) atoms. The first-order valence-electron chi connectivity index (χ1n) is 0.309. The maximum atomic E-state index is 8.25. The van der Waals surface area contributed by atoms with Gasteiger partial charge in [-0.3, -0.25) is 0 Å². The van der Waals surface area contributed by atoms with E-state index in [0.717, 1.165) is 0 Å². The Bertz CT molecular complexity index is 7.61. The number of rotatable bonds is 0. The van der Waals surface area contributed by atoms with E-state index < -0.39 is 0 Å². The molecule has 0 aliphatic heterocycles. The monoisotopic (exact) mass is 158 g/mol. The average Bonchev–Trinajstić information content (AvgIpc) is 1.50. The topological polar surface area (TPSA) is 46.1 Å². The molecule has 0 saturated heterocycles. The predicted octanol–water partition coefficient (Wildman–Crippen LogP) is -1.92. The predicted molar refractivity (Wildman–Crippen MR) is 7.97 cm³/mol. The van der Waals surface area contributed by atoms with Crippen LogP contribution in [0.5, 0.6) is 0 Å². The third kappa shape index (κ3) is 35.2. The second-order valence-corrected chi connectivity index (χ2v) is 0. The van der Waals surface area contributed by atoms with Crippen LogP contribution in [0.4, 0.5) is 9.05 Å². The minimum absolute atomic E-state index is 0. The molecule has 0 aliphatic rings. The first-order valence-corrected chi connectivity index (χ1v) is 0.309. The van der Waals surface area contributed by atoms with Gasteiger partial charge in [-0.2, -0.15) is 0 Å². The second-order valence-electron chi connectivity index (χ2n) is 0. The van der Waals surface area contributed by atoms with Gasteiger partial charge in [-0.15, -0.1) is 0 Å². The van der Waals surface area contributed by atoms with Crippen molar-refractivity contribution in [3.63, 3.8) is 0 Å². The number of halogens is 2. The van der Waals surface area contributed by atoms with Crippen LogP contribution in [0.3, 0.4) is 0 Å². The first kappa shape index (κ1) is 16.3. The molecule has 0 bridgehead atoms. The Balaban J connectivity index is -0.0000000133. The van der Waals surface area contributed by atoms with Gasteiger partial charge >= 0.3 is 45.5 Å². The molecule has 0 aromatic heterocycles. The molecule has 0 aromatic carbocycles. The normalized spacial score (nSPS) is 2.40. The van der Waals surface area contributed by atoms with Crippen molar-refractivity contribution in [3.8, 4) is 0 Å². The summed E-state index contributed by atoms with van der Waals surface area (Å²) in [6, 6.07) is 0. The van der Waals surface area contributed by atoms with Gasteiger partial charge in [0.25, 0.3) is 0 Å². The van der Waals surface area contributed by atoms with Gasteiger partial charge in [0.1, 0.15) is 0 Å². The molecule has 0 unspecified atom stereocenters. The van der Waals surface area contributed by atoms with Gasteiger partial charge in [-0.05, 0) is 0 Å². The summed E-state index contributed by atoms with van der Waals surface area (Å²) >= 11 is 0. The van der Waals surface area contributed by atoms with Crippen LogP contribution in [0.25, 0.3) is 0 Å². The molecule has 2 nitrogen and oxygen atoms in total. The van der Waals surface area contributed by atoms with E-state index in [1.54, 1.807) is 0 Å². The van der Waals surface area contributed by atoms with Gasteiger partial charge in [-0.1, -0.05) is 0 Å². The third-order valence-electron chi connectivity index (χ3n) is 0. The summed E-state index contributed by atoms with van der Waals surface area (Å²) in [5.41, 5.74) is 0. The Morgan fingerprint density at radius 1 is 0.800 bits per heavy atom. The molecule has 0 heterocycles. The van der Waals surface area contributed by atoms with E-state index in [2.05, 4.69) is 0 Å². The van der Waals surface area contributed by atoms with Gasteiger partial charge in [0.05, 0.1) is 0 Å². The van der Waals surface area contributed by atoms with E-state index in [4.69, 9.17) is 19.7 Å². The standard InChI is InChI=1S/2FO.Sr/c2*1-2;/q2*-1;+2. The van der Waals surface area contributed by atoms with E-state index in [9.17, 15) is 0 Å². The van der Waals surface area contributed by atoms with Crippen LogP contribution in [0.15, 0.2) is 0 Å². The molecule has 0 amide bonds. The minimum Gasteiger partial charge on any atom is -0.682 e. The van der Waals surface area contributed by atoms with E-state index >= 15 is 0 Å². The first-order chi connectivity index (χ1) is 2.00. The Morgan fingerprint density at radius 3 is 0.800 bits per heavy atom. The van der Waals surface area contributed by atoms with Crippen LogP contribution in [-0.2, 0) is 0 Å². The molecule has 0 fully saturated rings. The second kappa shape index (κ2) is 60.1. The molecule has 0 N–H and O–H groups in total. The molecule has 0 rings (SSSR count). The molecular weight excluding hydrogens is 158 g/mol.